The third-order valence-electron chi connectivity index (χ3n) is 5.57. The Kier molecular flexibility index (Phi) is 8.59. The van der Waals surface area contributed by atoms with Gasteiger partial charge in [-0.25, -0.2) is 9.78 Å². The molecular formula is C22H30N6O6. The van der Waals surface area contributed by atoms with Crippen molar-refractivity contribution in [2.24, 2.45) is 5.41 Å². The molecule has 1 aliphatic heterocycles. The molecule has 1 aliphatic rings. The molecule has 0 saturated carbocycles. The topological polar surface area (TPSA) is 181 Å². The van der Waals surface area contributed by atoms with E-state index < -0.39 is 23.3 Å². The van der Waals surface area contributed by atoms with Gasteiger partial charge in [0.05, 0.1) is 21.3 Å². The van der Waals surface area contributed by atoms with Gasteiger partial charge in [0.15, 0.2) is 11.5 Å². The molecule has 2 aromatic rings. The first kappa shape index (κ1) is 26.2. The number of hydrogen-bond donors (Lipinski definition) is 4. The first-order valence-corrected chi connectivity index (χ1v) is 10.5. The molecule has 6 N–H and O–H groups in total. The molecule has 4 amide bonds. The fourth-order valence-corrected chi connectivity index (χ4v) is 3.50. The molecule has 34 heavy (non-hydrogen) atoms. The van der Waals surface area contributed by atoms with Gasteiger partial charge in [0.2, 0.25) is 23.5 Å². The molecule has 1 saturated heterocycles. The Balaban J connectivity index is 0.000000270. The fraction of sp³-hybridized carbons (Fsp3) is 0.409. The second kappa shape index (κ2) is 11.2. The van der Waals surface area contributed by atoms with E-state index in [9.17, 15) is 14.4 Å². The summed E-state index contributed by atoms with van der Waals surface area (Å²) in [5.41, 5.74) is 12.0. The van der Waals surface area contributed by atoms with Crippen molar-refractivity contribution in [2.45, 2.75) is 33.1 Å². The maximum Gasteiger partial charge on any atom is 0.328 e. The van der Waals surface area contributed by atoms with Crippen LogP contribution < -0.4 is 36.3 Å². The summed E-state index contributed by atoms with van der Waals surface area (Å²) in [4.78, 5) is 41.5. The minimum absolute atomic E-state index is 0.154. The Morgan fingerprint density at radius 2 is 1.44 bits per heavy atom. The van der Waals surface area contributed by atoms with Crippen LogP contribution in [0.4, 0.5) is 16.6 Å². The largest absolute Gasteiger partial charge is 0.493 e. The normalized spacial score (nSPS) is 14.3. The van der Waals surface area contributed by atoms with Crippen LogP contribution in [0.1, 0.15) is 37.8 Å². The lowest BCUT2D eigenvalue weighted by molar-refractivity contribution is -0.144. The van der Waals surface area contributed by atoms with Gasteiger partial charge in [0.25, 0.3) is 0 Å². The Morgan fingerprint density at radius 1 is 0.912 bits per heavy atom. The zero-order chi connectivity index (χ0) is 25.5. The molecule has 3 rings (SSSR count). The average Bonchev–Trinajstić information content (AvgIpc) is 2.81. The molecule has 1 aromatic heterocycles. The molecule has 1 fully saturated rings. The molecule has 0 spiro atoms. The van der Waals surface area contributed by atoms with Gasteiger partial charge in [0, 0.05) is 18.2 Å². The summed E-state index contributed by atoms with van der Waals surface area (Å²) in [5.74, 6) is 1.24. The Labute approximate surface area is 197 Å². The lowest BCUT2D eigenvalue weighted by atomic mass is 9.79. The number of nitrogens with one attached hydrogen (secondary N) is 2. The number of anilines is 2. The van der Waals surface area contributed by atoms with Crippen LogP contribution in [0.3, 0.4) is 0 Å². The highest BCUT2D eigenvalue weighted by Crippen LogP contribution is 2.38. The summed E-state index contributed by atoms with van der Waals surface area (Å²) in [6.07, 6.45) is 2.94. The summed E-state index contributed by atoms with van der Waals surface area (Å²) in [5, 5.41) is 4.19. The van der Waals surface area contributed by atoms with E-state index >= 15 is 0 Å². The van der Waals surface area contributed by atoms with E-state index in [-0.39, 0.29) is 5.95 Å². The van der Waals surface area contributed by atoms with Crippen LogP contribution in [0.5, 0.6) is 17.2 Å². The standard InChI is InChI=1S/C14H18N4O3.C8H12N2O3/c1-19-10-5-8(6-11(20-2)12(10)21-3)4-9-7-17-14(16)18-13(9)15;1-3-8(4-2)5(11)9-7(13)10-6(8)12/h5-7H,4H2,1-3H3,(H4,15,16,17,18);3-4H2,1-2H3,(H2,9,10,11,12,13). The first-order chi connectivity index (χ1) is 16.1. The zero-order valence-electron chi connectivity index (χ0n) is 19.9. The van der Waals surface area contributed by atoms with Crippen molar-refractivity contribution < 1.29 is 28.6 Å². The average molecular weight is 475 g/mol. The Morgan fingerprint density at radius 3 is 1.85 bits per heavy atom. The van der Waals surface area contributed by atoms with Crippen molar-refractivity contribution in [1.82, 2.24) is 20.6 Å². The van der Waals surface area contributed by atoms with E-state index in [2.05, 4.69) is 20.6 Å². The quantitative estimate of drug-likeness (QED) is 0.428. The second-order valence-corrected chi connectivity index (χ2v) is 7.38. The number of benzene rings is 1. The van der Waals surface area contributed by atoms with E-state index in [4.69, 9.17) is 25.7 Å². The molecule has 2 heterocycles. The number of nitrogens with zero attached hydrogens (tertiary/aromatic N) is 2. The highest BCUT2D eigenvalue weighted by atomic mass is 16.5. The van der Waals surface area contributed by atoms with Crippen LogP contribution in [-0.4, -0.2) is 49.1 Å². The number of imide groups is 2. The number of ether oxygens (including phenoxy) is 3. The third-order valence-corrected chi connectivity index (χ3v) is 5.57. The van der Waals surface area contributed by atoms with Crippen molar-refractivity contribution in [3.05, 3.63) is 29.5 Å². The van der Waals surface area contributed by atoms with Gasteiger partial charge < -0.3 is 25.7 Å². The number of aromatic nitrogens is 2. The molecule has 0 aliphatic carbocycles. The van der Waals surface area contributed by atoms with Gasteiger partial charge in [-0.05, 0) is 30.5 Å². The van der Waals surface area contributed by atoms with Gasteiger partial charge in [-0.1, -0.05) is 13.8 Å². The van der Waals surface area contributed by atoms with Gasteiger partial charge in [0.1, 0.15) is 11.2 Å². The van der Waals surface area contributed by atoms with Crippen molar-refractivity contribution in [2.75, 3.05) is 32.8 Å². The molecule has 0 atom stereocenters. The highest BCUT2D eigenvalue weighted by molar-refractivity contribution is 6.19. The number of carbonyl (C=O) groups excluding carboxylic acids is 3. The van der Waals surface area contributed by atoms with Gasteiger partial charge >= 0.3 is 6.03 Å². The molecule has 0 radical (unpaired) electrons. The van der Waals surface area contributed by atoms with Crippen molar-refractivity contribution in [3.8, 4) is 17.2 Å². The maximum absolute atomic E-state index is 11.4. The van der Waals surface area contributed by atoms with E-state index in [1.54, 1.807) is 41.4 Å². The van der Waals surface area contributed by atoms with Crippen LogP contribution in [-0.2, 0) is 16.0 Å². The molecule has 12 nitrogen and oxygen atoms in total. The highest BCUT2D eigenvalue weighted by Gasteiger charge is 2.47. The number of nitrogens with two attached hydrogens (primary N) is 2. The monoisotopic (exact) mass is 474 g/mol. The Hall–Kier alpha value is -4.09. The molecular weight excluding hydrogens is 444 g/mol. The summed E-state index contributed by atoms with van der Waals surface area (Å²) in [6, 6.07) is 2.99. The van der Waals surface area contributed by atoms with E-state index in [0.29, 0.717) is 42.3 Å². The SMILES string of the molecule is CCC1(CC)C(=O)NC(=O)NC1=O.COc1cc(Cc2cnc(N)nc2N)cc(OC)c1OC. The number of carbonyl (C=O) groups is 3. The van der Waals surface area contributed by atoms with E-state index in [0.717, 1.165) is 11.1 Å². The molecule has 12 heteroatoms. The number of urea groups is 1. The summed E-state index contributed by atoms with van der Waals surface area (Å²) < 4.78 is 15.9. The van der Waals surface area contributed by atoms with Crippen molar-refractivity contribution >= 4 is 29.6 Å². The lowest BCUT2D eigenvalue weighted by Crippen LogP contribution is -2.61. The first-order valence-electron chi connectivity index (χ1n) is 10.5. The second-order valence-electron chi connectivity index (χ2n) is 7.38. The molecule has 0 bridgehead atoms. The third kappa shape index (κ3) is 5.45. The summed E-state index contributed by atoms with van der Waals surface area (Å²) in [6.45, 7) is 3.50. The molecule has 184 valence electrons. The number of hydrogen-bond acceptors (Lipinski definition) is 10. The number of rotatable bonds is 7. The minimum atomic E-state index is -1.06. The smallest absolute Gasteiger partial charge is 0.328 e. The number of amides is 4. The van der Waals surface area contributed by atoms with E-state index in [1.165, 1.54) is 0 Å². The maximum atomic E-state index is 11.4. The van der Waals surface area contributed by atoms with Crippen LogP contribution in [0.2, 0.25) is 0 Å². The van der Waals surface area contributed by atoms with Crippen LogP contribution in [0.25, 0.3) is 0 Å². The minimum Gasteiger partial charge on any atom is -0.493 e. The fourth-order valence-electron chi connectivity index (χ4n) is 3.50. The molecule has 0 unspecified atom stereocenters. The zero-order valence-corrected chi connectivity index (χ0v) is 19.9. The van der Waals surface area contributed by atoms with Crippen LogP contribution in [0, 0.1) is 5.41 Å². The summed E-state index contributed by atoms with van der Waals surface area (Å²) in [7, 11) is 4.70. The number of methoxy groups -OCH3 is 3. The Bertz CT molecular complexity index is 1020. The van der Waals surface area contributed by atoms with Gasteiger partial charge in [-0.3, -0.25) is 20.2 Å². The van der Waals surface area contributed by atoms with Crippen molar-refractivity contribution in [3.63, 3.8) is 0 Å². The van der Waals surface area contributed by atoms with Gasteiger partial charge in [-0.2, -0.15) is 4.98 Å². The number of nitrogen functional groups attached to an aromatic ring is 2. The predicted octanol–water partition coefficient (Wildman–Crippen LogP) is 1.42. The number of barbiturate groups is 1. The predicted molar refractivity (Wildman–Crippen MR) is 124 cm³/mol. The van der Waals surface area contributed by atoms with Crippen LogP contribution >= 0.6 is 0 Å². The van der Waals surface area contributed by atoms with Crippen LogP contribution in [0.15, 0.2) is 18.3 Å². The van der Waals surface area contributed by atoms with Gasteiger partial charge in [-0.15, -0.1) is 0 Å². The summed E-state index contributed by atoms with van der Waals surface area (Å²) >= 11 is 0. The van der Waals surface area contributed by atoms with Crippen molar-refractivity contribution in [1.29, 1.82) is 0 Å². The lowest BCUT2D eigenvalue weighted by Gasteiger charge is -2.31. The van der Waals surface area contributed by atoms with E-state index in [1.807, 2.05) is 12.1 Å². The molecule has 1 aromatic carbocycles.